The number of carbonyl (C=O) groups excluding carboxylic acids is 1. The predicted molar refractivity (Wildman–Crippen MR) is 69.3 cm³/mol. The molecule has 0 aromatic heterocycles. The van der Waals surface area contributed by atoms with Crippen molar-refractivity contribution in [2.75, 3.05) is 0 Å². The summed E-state index contributed by atoms with van der Waals surface area (Å²) in [5.41, 5.74) is -0.0874. The molecule has 0 radical (unpaired) electrons. The van der Waals surface area contributed by atoms with Gasteiger partial charge in [-0.25, -0.2) is 4.79 Å². The van der Waals surface area contributed by atoms with Gasteiger partial charge in [-0.2, -0.15) is 0 Å². The molecular formula is C11H12ClIO2. The Bertz CT molecular complexity index is 383. The maximum atomic E-state index is 11.7. The topological polar surface area (TPSA) is 26.3 Å². The average molecular weight is 339 g/mol. The van der Waals surface area contributed by atoms with Crippen LogP contribution in [-0.4, -0.2) is 11.6 Å². The van der Waals surface area contributed by atoms with Gasteiger partial charge in [0.2, 0.25) is 0 Å². The second kappa shape index (κ2) is 4.70. The molecule has 0 fully saturated rings. The molecule has 0 bridgehead atoms. The molecule has 0 N–H and O–H groups in total. The van der Waals surface area contributed by atoms with Crippen molar-refractivity contribution in [3.05, 3.63) is 32.4 Å². The fourth-order valence-electron chi connectivity index (χ4n) is 0.988. The molecule has 82 valence electrons. The second-order valence-corrected chi connectivity index (χ2v) is 5.78. The van der Waals surface area contributed by atoms with E-state index in [0.717, 1.165) is 3.57 Å². The first-order valence-electron chi connectivity index (χ1n) is 4.48. The van der Waals surface area contributed by atoms with Crippen LogP contribution in [0.25, 0.3) is 0 Å². The molecule has 0 atom stereocenters. The van der Waals surface area contributed by atoms with E-state index in [1.165, 1.54) is 0 Å². The fourth-order valence-corrected chi connectivity index (χ4v) is 1.92. The van der Waals surface area contributed by atoms with Crippen LogP contribution in [0.15, 0.2) is 18.2 Å². The number of rotatable bonds is 1. The molecule has 0 amide bonds. The summed E-state index contributed by atoms with van der Waals surface area (Å²) in [5, 5.41) is 0.427. The van der Waals surface area contributed by atoms with Crippen molar-refractivity contribution < 1.29 is 9.53 Å². The number of halogens is 2. The molecule has 0 aliphatic heterocycles. The van der Waals surface area contributed by atoms with Gasteiger partial charge in [0.05, 0.1) is 10.6 Å². The molecule has 2 nitrogen and oxygen atoms in total. The van der Waals surface area contributed by atoms with Crippen LogP contribution >= 0.6 is 34.2 Å². The Hall–Kier alpha value is -0.290. The molecule has 0 saturated carbocycles. The van der Waals surface area contributed by atoms with Crippen molar-refractivity contribution in [3.63, 3.8) is 0 Å². The first-order chi connectivity index (χ1) is 6.79. The van der Waals surface area contributed by atoms with Gasteiger partial charge in [-0.3, -0.25) is 0 Å². The number of hydrogen-bond donors (Lipinski definition) is 0. The highest BCUT2D eigenvalue weighted by Crippen LogP contribution is 2.21. The van der Waals surface area contributed by atoms with Crippen molar-refractivity contribution in [2.45, 2.75) is 26.4 Å². The van der Waals surface area contributed by atoms with Gasteiger partial charge in [0, 0.05) is 3.57 Å². The fraction of sp³-hybridized carbons (Fsp3) is 0.364. The molecule has 1 aromatic rings. The van der Waals surface area contributed by atoms with E-state index in [9.17, 15) is 4.79 Å². The standard InChI is InChI=1S/C11H12ClIO2/c1-11(2,3)15-10(14)8-5-4-7(13)6-9(8)12/h4-6H,1-3H3. The smallest absolute Gasteiger partial charge is 0.340 e. The van der Waals surface area contributed by atoms with Crippen LogP contribution in [0.1, 0.15) is 31.1 Å². The van der Waals surface area contributed by atoms with Crippen LogP contribution in [0, 0.1) is 3.57 Å². The van der Waals surface area contributed by atoms with Gasteiger partial charge in [-0.05, 0) is 61.6 Å². The monoisotopic (exact) mass is 338 g/mol. The minimum absolute atomic E-state index is 0.385. The summed E-state index contributed by atoms with van der Waals surface area (Å²) in [6.07, 6.45) is 0. The number of benzene rings is 1. The zero-order valence-corrected chi connectivity index (χ0v) is 11.7. The molecule has 0 spiro atoms. The van der Waals surface area contributed by atoms with E-state index in [2.05, 4.69) is 22.6 Å². The number of esters is 1. The summed E-state index contributed by atoms with van der Waals surface area (Å²) in [6, 6.07) is 5.24. The molecule has 0 aliphatic rings. The number of carbonyl (C=O) groups is 1. The molecule has 1 aromatic carbocycles. The Morgan fingerprint density at radius 1 is 1.40 bits per heavy atom. The van der Waals surface area contributed by atoms with Crippen LogP contribution in [0.2, 0.25) is 5.02 Å². The van der Waals surface area contributed by atoms with E-state index in [0.29, 0.717) is 10.6 Å². The summed E-state index contributed by atoms with van der Waals surface area (Å²) in [5.74, 6) is -0.385. The van der Waals surface area contributed by atoms with E-state index >= 15 is 0 Å². The lowest BCUT2D eigenvalue weighted by atomic mass is 10.1. The molecular weight excluding hydrogens is 326 g/mol. The van der Waals surface area contributed by atoms with E-state index in [1.54, 1.807) is 12.1 Å². The Morgan fingerprint density at radius 2 is 2.00 bits per heavy atom. The zero-order chi connectivity index (χ0) is 11.6. The summed E-state index contributed by atoms with van der Waals surface area (Å²) in [4.78, 5) is 11.7. The Kier molecular flexibility index (Phi) is 4.00. The zero-order valence-electron chi connectivity index (χ0n) is 8.80. The molecule has 1 rings (SSSR count). The van der Waals surface area contributed by atoms with Gasteiger partial charge >= 0.3 is 5.97 Å². The van der Waals surface area contributed by atoms with Gasteiger partial charge in [-0.15, -0.1) is 0 Å². The van der Waals surface area contributed by atoms with Crippen LogP contribution in [-0.2, 0) is 4.74 Å². The minimum Gasteiger partial charge on any atom is -0.456 e. The Morgan fingerprint density at radius 3 is 2.47 bits per heavy atom. The Balaban J connectivity index is 2.92. The Labute approximate surface area is 108 Å². The SMILES string of the molecule is CC(C)(C)OC(=O)c1ccc(I)cc1Cl. The predicted octanol–water partition coefficient (Wildman–Crippen LogP) is 3.90. The molecule has 4 heteroatoms. The van der Waals surface area contributed by atoms with Crippen molar-refractivity contribution in [3.8, 4) is 0 Å². The quantitative estimate of drug-likeness (QED) is 0.573. The normalized spacial score (nSPS) is 11.3. The highest BCUT2D eigenvalue weighted by Gasteiger charge is 2.19. The maximum Gasteiger partial charge on any atom is 0.340 e. The van der Waals surface area contributed by atoms with Gasteiger partial charge < -0.3 is 4.74 Å². The molecule has 0 unspecified atom stereocenters. The molecule has 15 heavy (non-hydrogen) atoms. The molecule has 0 heterocycles. The third kappa shape index (κ3) is 3.99. The lowest BCUT2D eigenvalue weighted by molar-refractivity contribution is 0.00698. The van der Waals surface area contributed by atoms with E-state index in [4.69, 9.17) is 16.3 Å². The highest BCUT2D eigenvalue weighted by atomic mass is 127. The van der Waals surface area contributed by atoms with Crippen molar-refractivity contribution in [1.82, 2.24) is 0 Å². The average Bonchev–Trinajstić information content (AvgIpc) is 1.99. The van der Waals surface area contributed by atoms with Crippen LogP contribution in [0.5, 0.6) is 0 Å². The number of ether oxygens (including phenoxy) is 1. The first kappa shape index (κ1) is 12.8. The van der Waals surface area contributed by atoms with Crippen LogP contribution < -0.4 is 0 Å². The minimum atomic E-state index is -0.497. The van der Waals surface area contributed by atoms with Crippen LogP contribution in [0.3, 0.4) is 0 Å². The second-order valence-electron chi connectivity index (χ2n) is 4.13. The maximum absolute atomic E-state index is 11.7. The summed E-state index contributed by atoms with van der Waals surface area (Å²) < 4.78 is 6.21. The van der Waals surface area contributed by atoms with Crippen molar-refractivity contribution >= 4 is 40.2 Å². The van der Waals surface area contributed by atoms with Gasteiger partial charge in [-0.1, -0.05) is 11.6 Å². The van der Waals surface area contributed by atoms with E-state index in [1.807, 2.05) is 26.8 Å². The first-order valence-corrected chi connectivity index (χ1v) is 5.94. The molecule has 0 saturated heterocycles. The van der Waals surface area contributed by atoms with E-state index in [-0.39, 0.29) is 5.97 Å². The largest absolute Gasteiger partial charge is 0.456 e. The van der Waals surface area contributed by atoms with Crippen molar-refractivity contribution in [2.24, 2.45) is 0 Å². The highest BCUT2D eigenvalue weighted by molar-refractivity contribution is 14.1. The van der Waals surface area contributed by atoms with Gasteiger partial charge in [0.15, 0.2) is 0 Å². The third-order valence-electron chi connectivity index (χ3n) is 1.55. The number of hydrogen-bond acceptors (Lipinski definition) is 2. The third-order valence-corrected chi connectivity index (χ3v) is 2.53. The lowest BCUT2D eigenvalue weighted by Crippen LogP contribution is -2.24. The molecule has 0 aliphatic carbocycles. The summed E-state index contributed by atoms with van der Waals surface area (Å²) in [6.45, 7) is 5.47. The van der Waals surface area contributed by atoms with Gasteiger partial charge in [0.25, 0.3) is 0 Å². The summed E-state index contributed by atoms with van der Waals surface area (Å²) >= 11 is 8.08. The van der Waals surface area contributed by atoms with Crippen molar-refractivity contribution in [1.29, 1.82) is 0 Å². The van der Waals surface area contributed by atoms with Gasteiger partial charge in [0.1, 0.15) is 5.60 Å². The van der Waals surface area contributed by atoms with Crippen LogP contribution in [0.4, 0.5) is 0 Å². The summed E-state index contributed by atoms with van der Waals surface area (Å²) in [7, 11) is 0. The lowest BCUT2D eigenvalue weighted by Gasteiger charge is -2.19. The van der Waals surface area contributed by atoms with E-state index < -0.39 is 5.60 Å².